The number of hydrogen-bond acceptors (Lipinski definition) is 2. The summed E-state index contributed by atoms with van der Waals surface area (Å²) in [6.45, 7) is 18.5. The fraction of sp³-hybridized carbons (Fsp3) is 0.636. The van der Waals surface area contributed by atoms with Crippen LogP contribution in [0.25, 0.3) is 0 Å². The molecule has 2 heteroatoms. The average molecular weight is 481 g/mol. The number of rotatable bonds is 14. The predicted octanol–water partition coefficient (Wildman–Crippen LogP) is 8.71. The van der Waals surface area contributed by atoms with Gasteiger partial charge in [-0.05, 0) is 103 Å². The Morgan fingerprint density at radius 3 is 1.69 bits per heavy atom. The van der Waals surface area contributed by atoms with Gasteiger partial charge in [-0.25, -0.2) is 0 Å². The molecule has 0 heterocycles. The Hall–Kier alpha value is -1.80. The number of hydrogen-bond donors (Lipinski definition) is 2. The van der Waals surface area contributed by atoms with E-state index < -0.39 is 0 Å². The van der Waals surface area contributed by atoms with E-state index in [1.807, 2.05) is 0 Å². The van der Waals surface area contributed by atoms with Crippen LogP contribution in [0.5, 0.6) is 5.75 Å². The van der Waals surface area contributed by atoms with Gasteiger partial charge in [0.25, 0.3) is 0 Å². The van der Waals surface area contributed by atoms with Crippen LogP contribution >= 0.6 is 0 Å². The molecular weight excluding hydrogens is 428 g/mol. The van der Waals surface area contributed by atoms with Crippen molar-refractivity contribution in [2.45, 2.75) is 130 Å². The summed E-state index contributed by atoms with van der Waals surface area (Å²) >= 11 is 0. The van der Waals surface area contributed by atoms with Crippen molar-refractivity contribution in [1.29, 1.82) is 0 Å². The van der Waals surface area contributed by atoms with Gasteiger partial charge in [-0.1, -0.05) is 79.2 Å². The van der Waals surface area contributed by atoms with Crippen LogP contribution in [-0.2, 0) is 30.1 Å². The fourth-order valence-electron chi connectivity index (χ4n) is 5.43. The van der Waals surface area contributed by atoms with Gasteiger partial charge in [-0.3, -0.25) is 0 Å². The van der Waals surface area contributed by atoms with Crippen LogP contribution in [0.2, 0.25) is 0 Å². The zero-order valence-corrected chi connectivity index (χ0v) is 24.0. The van der Waals surface area contributed by atoms with E-state index in [-0.39, 0.29) is 17.4 Å². The summed E-state index contributed by atoms with van der Waals surface area (Å²) in [6, 6.07) is 9.26. The summed E-state index contributed by atoms with van der Waals surface area (Å²) < 4.78 is 0. The first-order valence-electron chi connectivity index (χ1n) is 14.2. The molecule has 35 heavy (non-hydrogen) atoms. The highest BCUT2D eigenvalue weighted by Crippen LogP contribution is 2.41. The molecule has 0 radical (unpaired) electrons. The maximum absolute atomic E-state index is 11.6. The Kier molecular flexibility index (Phi) is 10.9. The van der Waals surface area contributed by atoms with Gasteiger partial charge in [0, 0.05) is 18.6 Å². The van der Waals surface area contributed by atoms with Crippen LogP contribution in [-0.4, -0.2) is 16.8 Å². The number of phenols is 1. The van der Waals surface area contributed by atoms with Gasteiger partial charge in [0.1, 0.15) is 5.75 Å². The molecule has 0 bridgehead atoms. The molecule has 2 N–H and O–H groups in total. The normalized spacial score (nSPS) is 12.4. The number of aliphatic hydroxyl groups excluding tert-OH is 1. The van der Waals surface area contributed by atoms with Gasteiger partial charge < -0.3 is 10.2 Å². The molecule has 0 saturated heterocycles. The van der Waals surface area contributed by atoms with Crippen molar-refractivity contribution in [1.82, 2.24) is 0 Å². The molecule has 2 aromatic carbocycles. The largest absolute Gasteiger partial charge is 0.507 e. The molecule has 0 aliphatic rings. The van der Waals surface area contributed by atoms with Crippen LogP contribution < -0.4 is 0 Å². The van der Waals surface area contributed by atoms with Crippen molar-refractivity contribution in [2.75, 3.05) is 6.61 Å². The van der Waals surface area contributed by atoms with Crippen LogP contribution in [0.3, 0.4) is 0 Å². The molecule has 0 saturated carbocycles. The van der Waals surface area contributed by atoms with Crippen LogP contribution in [0, 0.1) is 6.92 Å². The molecule has 0 spiro atoms. The molecule has 0 aromatic heterocycles. The molecule has 0 fully saturated rings. The van der Waals surface area contributed by atoms with Crippen molar-refractivity contribution in [2.24, 2.45) is 0 Å². The minimum absolute atomic E-state index is 0.0553. The summed E-state index contributed by atoms with van der Waals surface area (Å²) in [5.74, 6) is 0.470. The average Bonchev–Trinajstić information content (AvgIpc) is 2.88. The SMILES string of the molecule is CCCCc1cc(Cc2cc(CCCO)cc(C(C)(CC)CC)c2O)c(C)c(C(C)(CC)CC)c1. The summed E-state index contributed by atoms with van der Waals surface area (Å²) in [6.07, 6.45) is 10.1. The molecule has 0 unspecified atom stereocenters. The zero-order chi connectivity index (χ0) is 26.2. The highest BCUT2D eigenvalue weighted by Gasteiger charge is 2.29. The molecule has 2 rings (SSSR count). The lowest BCUT2D eigenvalue weighted by Gasteiger charge is -2.32. The monoisotopic (exact) mass is 480 g/mol. The number of aromatic hydroxyl groups is 1. The van der Waals surface area contributed by atoms with E-state index in [4.69, 9.17) is 0 Å². The molecule has 2 aromatic rings. The lowest BCUT2D eigenvalue weighted by Crippen LogP contribution is -2.22. The first-order valence-corrected chi connectivity index (χ1v) is 14.2. The maximum atomic E-state index is 11.6. The Bertz CT molecular complexity index is 871. The molecule has 0 aliphatic heterocycles. The molecule has 0 aliphatic carbocycles. The lowest BCUT2D eigenvalue weighted by molar-refractivity contribution is 0.288. The quantitative estimate of drug-likeness (QED) is 0.284. The van der Waals surface area contributed by atoms with Gasteiger partial charge in [0.05, 0.1) is 0 Å². The number of aliphatic hydroxyl groups is 1. The second-order valence-electron chi connectivity index (χ2n) is 11.2. The topological polar surface area (TPSA) is 40.5 Å². The highest BCUT2D eigenvalue weighted by molar-refractivity contribution is 5.52. The van der Waals surface area contributed by atoms with Crippen molar-refractivity contribution < 1.29 is 10.2 Å². The molecular formula is C33H52O2. The van der Waals surface area contributed by atoms with Crippen LogP contribution in [0.15, 0.2) is 24.3 Å². The predicted molar refractivity (Wildman–Crippen MR) is 152 cm³/mol. The van der Waals surface area contributed by atoms with Gasteiger partial charge in [0.15, 0.2) is 0 Å². The number of unbranched alkanes of at least 4 members (excludes halogenated alkanes) is 1. The van der Waals surface area contributed by atoms with E-state index in [2.05, 4.69) is 79.7 Å². The summed E-state index contributed by atoms with van der Waals surface area (Å²) in [5, 5.41) is 21.0. The third kappa shape index (κ3) is 6.70. The van der Waals surface area contributed by atoms with E-state index in [9.17, 15) is 10.2 Å². The Morgan fingerprint density at radius 1 is 0.686 bits per heavy atom. The zero-order valence-electron chi connectivity index (χ0n) is 24.0. The van der Waals surface area contributed by atoms with E-state index in [0.29, 0.717) is 5.75 Å². The minimum Gasteiger partial charge on any atom is -0.507 e. The van der Waals surface area contributed by atoms with Crippen molar-refractivity contribution in [3.63, 3.8) is 0 Å². The van der Waals surface area contributed by atoms with Gasteiger partial charge in [-0.2, -0.15) is 0 Å². The molecule has 0 amide bonds. The lowest BCUT2D eigenvalue weighted by atomic mass is 9.73. The van der Waals surface area contributed by atoms with E-state index in [1.165, 1.54) is 40.7 Å². The fourth-order valence-corrected chi connectivity index (χ4v) is 5.43. The Morgan fingerprint density at radius 2 is 1.17 bits per heavy atom. The van der Waals surface area contributed by atoms with Crippen molar-refractivity contribution in [3.8, 4) is 5.75 Å². The highest BCUT2D eigenvalue weighted by atomic mass is 16.3. The molecule has 2 nitrogen and oxygen atoms in total. The standard InChI is InChI=1S/C33H52O2/c1-9-14-16-25-19-27(24(6)29(21-25)32(7,10-2)11-3)23-28-20-26(17-15-18-34)22-30(31(28)35)33(8,12-4)13-5/h19-22,34-35H,9-18,23H2,1-8H3. The summed E-state index contributed by atoms with van der Waals surface area (Å²) in [4.78, 5) is 0. The number of aryl methyl sites for hydroxylation is 2. The van der Waals surface area contributed by atoms with E-state index in [1.54, 1.807) is 0 Å². The van der Waals surface area contributed by atoms with E-state index in [0.717, 1.165) is 62.5 Å². The smallest absolute Gasteiger partial charge is 0.122 e. The van der Waals surface area contributed by atoms with Crippen LogP contribution in [0.4, 0.5) is 0 Å². The maximum Gasteiger partial charge on any atom is 0.122 e. The second kappa shape index (κ2) is 12.9. The van der Waals surface area contributed by atoms with Gasteiger partial charge in [-0.15, -0.1) is 0 Å². The van der Waals surface area contributed by atoms with Gasteiger partial charge in [0.2, 0.25) is 0 Å². The Balaban J connectivity index is 2.70. The van der Waals surface area contributed by atoms with Gasteiger partial charge >= 0.3 is 0 Å². The third-order valence-corrected chi connectivity index (χ3v) is 9.07. The number of benzene rings is 2. The van der Waals surface area contributed by atoms with Crippen molar-refractivity contribution >= 4 is 0 Å². The molecule has 0 atom stereocenters. The summed E-state index contributed by atoms with van der Waals surface area (Å²) in [5.41, 5.74) is 9.07. The summed E-state index contributed by atoms with van der Waals surface area (Å²) in [7, 11) is 0. The van der Waals surface area contributed by atoms with E-state index >= 15 is 0 Å². The minimum atomic E-state index is -0.0553. The third-order valence-electron chi connectivity index (χ3n) is 9.07. The number of phenolic OH excluding ortho intramolecular Hbond substituents is 1. The second-order valence-corrected chi connectivity index (χ2v) is 11.2. The first kappa shape index (κ1) is 29.4. The van der Waals surface area contributed by atoms with Crippen molar-refractivity contribution in [3.05, 3.63) is 63.2 Å². The van der Waals surface area contributed by atoms with Crippen LogP contribution in [0.1, 0.15) is 132 Å². The Labute approximate surface area is 216 Å². The first-order chi connectivity index (χ1) is 16.6. The molecule has 196 valence electrons.